The van der Waals surface area contributed by atoms with Gasteiger partial charge in [0, 0.05) is 23.8 Å². The van der Waals surface area contributed by atoms with Crippen LogP contribution in [0.2, 0.25) is 0 Å². The SMILES string of the molecule is O=C(c1cc(O)cc(OC2OC(CO)C(O)C(O)C2O)c1)c1c(O)cc(O)cc1O. The number of aliphatic hydroxyl groups excluding tert-OH is 4. The van der Waals surface area contributed by atoms with E-state index in [-0.39, 0.29) is 11.3 Å². The molecule has 0 aliphatic carbocycles. The highest BCUT2D eigenvalue weighted by Crippen LogP contribution is 2.35. The van der Waals surface area contributed by atoms with E-state index >= 15 is 0 Å². The molecule has 11 nitrogen and oxygen atoms in total. The first-order valence-electron chi connectivity index (χ1n) is 8.73. The van der Waals surface area contributed by atoms with Gasteiger partial charge in [0.05, 0.1) is 6.61 Å². The maximum Gasteiger partial charge on any atom is 0.229 e. The van der Waals surface area contributed by atoms with Crippen molar-refractivity contribution >= 4 is 5.78 Å². The van der Waals surface area contributed by atoms with Crippen molar-refractivity contribution in [1.82, 2.24) is 0 Å². The van der Waals surface area contributed by atoms with Crippen LogP contribution in [0.15, 0.2) is 30.3 Å². The topological polar surface area (TPSA) is 197 Å². The van der Waals surface area contributed by atoms with Crippen molar-refractivity contribution in [2.24, 2.45) is 0 Å². The summed E-state index contributed by atoms with van der Waals surface area (Å²) in [5.41, 5.74) is -0.761. The van der Waals surface area contributed by atoms with Crippen LogP contribution in [0, 0.1) is 0 Å². The third kappa shape index (κ3) is 4.10. The van der Waals surface area contributed by atoms with Crippen LogP contribution < -0.4 is 4.74 Å². The maximum atomic E-state index is 12.7. The molecule has 5 unspecified atom stereocenters. The smallest absolute Gasteiger partial charge is 0.229 e. The molecule has 30 heavy (non-hydrogen) atoms. The molecule has 0 aromatic heterocycles. The molecule has 1 heterocycles. The zero-order valence-corrected chi connectivity index (χ0v) is 15.3. The molecule has 2 aromatic rings. The van der Waals surface area contributed by atoms with Crippen molar-refractivity contribution in [3.63, 3.8) is 0 Å². The lowest BCUT2D eigenvalue weighted by Gasteiger charge is -2.39. The van der Waals surface area contributed by atoms with E-state index in [0.29, 0.717) is 0 Å². The van der Waals surface area contributed by atoms with Crippen molar-refractivity contribution < 1.29 is 55.1 Å². The molecule has 5 atom stereocenters. The van der Waals surface area contributed by atoms with Gasteiger partial charge in [-0.15, -0.1) is 0 Å². The van der Waals surface area contributed by atoms with Crippen molar-refractivity contribution in [2.75, 3.05) is 6.61 Å². The Balaban J connectivity index is 1.90. The van der Waals surface area contributed by atoms with Gasteiger partial charge in [0.2, 0.25) is 12.1 Å². The van der Waals surface area contributed by atoms with Gasteiger partial charge in [-0.2, -0.15) is 0 Å². The summed E-state index contributed by atoms with van der Waals surface area (Å²) in [6.07, 6.45) is -7.77. The number of aromatic hydroxyl groups is 4. The van der Waals surface area contributed by atoms with Crippen LogP contribution in [0.5, 0.6) is 28.7 Å². The third-order valence-corrected chi connectivity index (χ3v) is 4.56. The summed E-state index contributed by atoms with van der Waals surface area (Å²) in [7, 11) is 0. The monoisotopic (exact) mass is 424 g/mol. The molecule has 3 rings (SSSR count). The number of hydrogen-bond acceptors (Lipinski definition) is 11. The molecule has 1 saturated heterocycles. The van der Waals surface area contributed by atoms with Gasteiger partial charge in [-0.25, -0.2) is 0 Å². The molecule has 1 fully saturated rings. The van der Waals surface area contributed by atoms with Gasteiger partial charge in [-0.05, 0) is 12.1 Å². The second-order valence-electron chi connectivity index (χ2n) is 6.72. The predicted octanol–water partition coefficient (Wildman–Crippen LogP) is -1.08. The zero-order chi connectivity index (χ0) is 22.2. The van der Waals surface area contributed by atoms with Crippen LogP contribution >= 0.6 is 0 Å². The highest BCUT2D eigenvalue weighted by molar-refractivity contribution is 6.12. The Bertz CT molecular complexity index is 919. The molecule has 8 N–H and O–H groups in total. The van der Waals surface area contributed by atoms with Gasteiger partial charge in [-0.3, -0.25) is 4.79 Å². The Morgan fingerprint density at radius 1 is 0.867 bits per heavy atom. The van der Waals surface area contributed by atoms with Gasteiger partial charge in [0.1, 0.15) is 58.7 Å². The Hall–Kier alpha value is -3.09. The number of carbonyl (C=O) groups excluding carboxylic acids is 1. The summed E-state index contributed by atoms with van der Waals surface area (Å²) in [6, 6.07) is 4.89. The van der Waals surface area contributed by atoms with Crippen LogP contribution in [0.3, 0.4) is 0 Å². The van der Waals surface area contributed by atoms with Gasteiger partial charge in [-0.1, -0.05) is 0 Å². The molecule has 0 amide bonds. The normalized spacial score (nSPS) is 26.3. The summed E-state index contributed by atoms with van der Waals surface area (Å²) in [5.74, 6) is -3.42. The van der Waals surface area contributed by atoms with Crippen LogP contribution in [0.4, 0.5) is 0 Å². The minimum absolute atomic E-state index is 0.194. The van der Waals surface area contributed by atoms with Crippen LogP contribution in [0.25, 0.3) is 0 Å². The maximum absolute atomic E-state index is 12.7. The zero-order valence-electron chi connectivity index (χ0n) is 15.3. The fourth-order valence-electron chi connectivity index (χ4n) is 3.06. The highest BCUT2D eigenvalue weighted by atomic mass is 16.7. The lowest BCUT2D eigenvalue weighted by Crippen LogP contribution is -2.60. The van der Waals surface area contributed by atoms with Crippen molar-refractivity contribution in [3.8, 4) is 28.7 Å². The fourth-order valence-corrected chi connectivity index (χ4v) is 3.06. The average molecular weight is 424 g/mol. The molecular weight excluding hydrogens is 404 g/mol. The number of phenolic OH excluding ortho intramolecular Hbond substituents is 4. The first kappa shape index (κ1) is 21.6. The molecule has 1 aliphatic rings. The molecule has 0 bridgehead atoms. The van der Waals surface area contributed by atoms with Gasteiger partial charge in [0.25, 0.3) is 0 Å². The molecular formula is C19H20O11. The van der Waals surface area contributed by atoms with Gasteiger partial charge < -0.3 is 50.3 Å². The molecule has 0 saturated carbocycles. The summed E-state index contributed by atoms with van der Waals surface area (Å²) < 4.78 is 10.6. The van der Waals surface area contributed by atoms with E-state index in [4.69, 9.17) is 9.47 Å². The number of hydrogen-bond donors (Lipinski definition) is 8. The predicted molar refractivity (Wildman–Crippen MR) is 97.4 cm³/mol. The first-order chi connectivity index (χ1) is 14.1. The molecule has 11 heteroatoms. The molecule has 162 valence electrons. The van der Waals surface area contributed by atoms with Crippen molar-refractivity contribution in [1.29, 1.82) is 0 Å². The average Bonchev–Trinajstić information content (AvgIpc) is 2.67. The van der Waals surface area contributed by atoms with E-state index in [9.17, 15) is 45.6 Å². The van der Waals surface area contributed by atoms with Crippen molar-refractivity contribution in [2.45, 2.75) is 30.7 Å². The standard InChI is InChI=1S/C19H20O11/c20-6-13-16(26)17(27)18(28)19(30-13)29-10-2-7(1-8(21)3-10)15(25)14-11(23)4-9(22)5-12(14)24/h1-5,13,16-24,26-28H,6H2. The molecule has 1 aliphatic heterocycles. The summed E-state index contributed by atoms with van der Waals surface area (Å²) in [5, 5.41) is 78.0. The van der Waals surface area contributed by atoms with Crippen molar-refractivity contribution in [3.05, 3.63) is 41.5 Å². The molecule has 0 radical (unpaired) electrons. The lowest BCUT2D eigenvalue weighted by molar-refractivity contribution is -0.277. The Morgan fingerprint density at radius 3 is 2.07 bits per heavy atom. The van der Waals surface area contributed by atoms with Crippen LogP contribution in [-0.4, -0.2) is 83.9 Å². The lowest BCUT2D eigenvalue weighted by atomic mass is 9.99. The van der Waals surface area contributed by atoms with Gasteiger partial charge >= 0.3 is 0 Å². The second kappa shape index (κ2) is 8.34. The summed E-state index contributed by atoms with van der Waals surface area (Å²) in [6.45, 7) is -0.673. The first-order valence-corrected chi connectivity index (χ1v) is 8.73. The minimum Gasteiger partial charge on any atom is -0.508 e. The van der Waals surface area contributed by atoms with E-state index < -0.39 is 71.7 Å². The molecule has 2 aromatic carbocycles. The summed E-state index contributed by atoms with van der Waals surface area (Å²) >= 11 is 0. The summed E-state index contributed by atoms with van der Waals surface area (Å²) in [4.78, 5) is 12.7. The number of carbonyl (C=O) groups is 1. The Kier molecular flexibility index (Phi) is 6.01. The Morgan fingerprint density at radius 2 is 1.47 bits per heavy atom. The minimum atomic E-state index is -1.71. The largest absolute Gasteiger partial charge is 0.508 e. The second-order valence-corrected chi connectivity index (χ2v) is 6.72. The van der Waals surface area contributed by atoms with Gasteiger partial charge in [0.15, 0.2) is 0 Å². The van der Waals surface area contributed by atoms with E-state index in [0.717, 1.165) is 30.3 Å². The number of ketones is 1. The number of rotatable bonds is 5. The van der Waals surface area contributed by atoms with E-state index in [1.165, 1.54) is 0 Å². The van der Waals surface area contributed by atoms with E-state index in [1.54, 1.807) is 0 Å². The highest BCUT2D eigenvalue weighted by Gasteiger charge is 2.44. The van der Waals surface area contributed by atoms with Crippen LogP contribution in [-0.2, 0) is 4.74 Å². The third-order valence-electron chi connectivity index (χ3n) is 4.56. The van der Waals surface area contributed by atoms with E-state index in [1.807, 2.05) is 0 Å². The number of aliphatic hydroxyl groups is 4. The quantitative estimate of drug-likeness (QED) is 0.272. The number of benzene rings is 2. The number of phenols is 4. The van der Waals surface area contributed by atoms with Crippen LogP contribution in [0.1, 0.15) is 15.9 Å². The van der Waals surface area contributed by atoms with E-state index in [2.05, 4.69) is 0 Å². The molecule has 0 spiro atoms. The Labute approximate surface area is 169 Å². The fraction of sp³-hybridized carbons (Fsp3) is 0.316. The number of ether oxygens (including phenoxy) is 2.